The zero-order valence-corrected chi connectivity index (χ0v) is 15.1. The van der Waals surface area contributed by atoms with Gasteiger partial charge in [-0.1, -0.05) is 6.07 Å². The van der Waals surface area contributed by atoms with Crippen molar-refractivity contribution in [3.63, 3.8) is 0 Å². The lowest BCUT2D eigenvalue weighted by Crippen LogP contribution is -2.23. The second-order valence-electron chi connectivity index (χ2n) is 6.51. The number of benzene rings is 2. The highest BCUT2D eigenvalue weighted by Crippen LogP contribution is 2.29. The van der Waals surface area contributed by atoms with Crippen LogP contribution in [-0.4, -0.2) is 37.4 Å². The Hall–Kier alpha value is -3.42. The van der Waals surface area contributed by atoms with Gasteiger partial charge in [0.2, 0.25) is 5.91 Å². The maximum atomic E-state index is 12.5. The summed E-state index contributed by atoms with van der Waals surface area (Å²) in [4.78, 5) is 38.5. The van der Waals surface area contributed by atoms with Crippen LogP contribution in [0.4, 0.5) is 22.7 Å². The second kappa shape index (κ2) is 7.45. The molecule has 0 aromatic heterocycles. The third-order valence-corrected chi connectivity index (χ3v) is 4.41. The number of carbonyl (C=O) groups is 2. The minimum atomic E-state index is -0.508. The Morgan fingerprint density at radius 2 is 2.00 bits per heavy atom. The van der Waals surface area contributed by atoms with Crippen molar-refractivity contribution in [3.8, 4) is 0 Å². The van der Waals surface area contributed by atoms with Gasteiger partial charge in [0.05, 0.1) is 4.92 Å². The van der Waals surface area contributed by atoms with Gasteiger partial charge in [-0.3, -0.25) is 19.7 Å². The van der Waals surface area contributed by atoms with Crippen molar-refractivity contribution in [1.29, 1.82) is 0 Å². The van der Waals surface area contributed by atoms with Gasteiger partial charge >= 0.3 is 0 Å². The maximum absolute atomic E-state index is 12.5. The summed E-state index contributed by atoms with van der Waals surface area (Å²) in [5.41, 5.74) is 1.73. The Labute approximate surface area is 156 Å². The van der Waals surface area contributed by atoms with E-state index in [9.17, 15) is 19.7 Å². The van der Waals surface area contributed by atoms with Gasteiger partial charge in [-0.05, 0) is 36.8 Å². The number of nitro benzene ring substituents is 1. The summed E-state index contributed by atoms with van der Waals surface area (Å²) in [5, 5.41) is 14.0. The number of hydrogen-bond acceptors (Lipinski definition) is 5. The smallest absolute Gasteiger partial charge is 0.293 e. The molecule has 0 bridgehead atoms. The van der Waals surface area contributed by atoms with Crippen molar-refractivity contribution in [3.05, 3.63) is 58.1 Å². The number of hydrogen-bond donors (Lipinski definition) is 1. The van der Waals surface area contributed by atoms with Crippen LogP contribution >= 0.6 is 0 Å². The summed E-state index contributed by atoms with van der Waals surface area (Å²) in [6, 6.07) is 11.4. The lowest BCUT2D eigenvalue weighted by Gasteiger charge is -2.17. The normalized spacial score (nSPS) is 13.6. The summed E-state index contributed by atoms with van der Waals surface area (Å²) in [5.74, 6) is -0.387. The zero-order valence-electron chi connectivity index (χ0n) is 15.1. The predicted molar refractivity (Wildman–Crippen MR) is 103 cm³/mol. The van der Waals surface area contributed by atoms with Crippen molar-refractivity contribution in [2.75, 3.05) is 35.8 Å². The van der Waals surface area contributed by atoms with Crippen molar-refractivity contribution in [2.45, 2.75) is 12.8 Å². The molecule has 27 heavy (non-hydrogen) atoms. The van der Waals surface area contributed by atoms with Crippen LogP contribution in [0.2, 0.25) is 0 Å². The van der Waals surface area contributed by atoms with Gasteiger partial charge in [-0.2, -0.15) is 0 Å². The molecule has 140 valence electrons. The van der Waals surface area contributed by atoms with E-state index in [1.807, 2.05) is 6.07 Å². The molecule has 0 atom stereocenters. The minimum Gasteiger partial charge on any atom is -0.372 e. The molecule has 0 aliphatic carbocycles. The molecule has 8 nitrogen and oxygen atoms in total. The molecule has 2 aromatic carbocycles. The molecule has 1 N–H and O–H groups in total. The number of nitrogens with zero attached hydrogens (tertiary/aromatic N) is 3. The number of amides is 2. The Morgan fingerprint density at radius 3 is 2.63 bits per heavy atom. The lowest BCUT2D eigenvalue weighted by molar-refractivity contribution is -0.384. The van der Waals surface area contributed by atoms with Crippen LogP contribution in [0.15, 0.2) is 42.5 Å². The molecule has 8 heteroatoms. The molecular weight excluding hydrogens is 348 g/mol. The van der Waals surface area contributed by atoms with Crippen LogP contribution < -0.4 is 15.1 Å². The van der Waals surface area contributed by atoms with E-state index in [0.717, 1.165) is 12.1 Å². The number of nitrogens with one attached hydrogen (secondary N) is 1. The van der Waals surface area contributed by atoms with Gasteiger partial charge in [0.1, 0.15) is 5.69 Å². The topological polar surface area (TPSA) is 95.8 Å². The number of anilines is 3. The SMILES string of the molecule is CN(C)c1ccc(C(=O)Nc2cccc(N3CCCC3=O)c2)cc1[N+](=O)[O-]. The van der Waals surface area contributed by atoms with Gasteiger partial charge in [0.15, 0.2) is 0 Å². The van der Waals surface area contributed by atoms with Crippen LogP contribution in [-0.2, 0) is 4.79 Å². The fourth-order valence-corrected chi connectivity index (χ4v) is 3.07. The van der Waals surface area contributed by atoms with E-state index in [-0.39, 0.29) is 17.2 Å². The molecule has 1 aliphatic heterocycles. The Morgan fingerprint density at radius 1 is 1.22 bits per heavy atom. The summed E-state index contributed by atoms with van der Waals surface area (Å²) in [7, 11) is 3.40. The van der Waals surface area contributed by atoms with Gasteiger partial charge in [0.25, 0.3) is 11.6 Å². The van der Waals surface area contributed by atoms with Crippen molar-refractivity contribution in [2.24, 2.45) is 0 Å². The molecular formula is C19H20N4O4. The number of nitro groups is 1. The zero-order chi connectivity index (χ0) is 19.6. The summed E-state index contributed by atoms with van der Waals surface area (Å²) in [6.45, 7) is 0.661. The Balaban J connectivity index is 1.82. The fourth-order valence-electron chi connectivity index (χ4n) is 3.07. The fraction of sp³-hybridized carbons (Fsp3) is 0.263. The summed E-state index contributed by atoms with van der Waals surface area (Å²) >= 11 is 0. The minimum absolute atomic E-state index is 0.0633. The van der Waals surface area contributed by atoms with E-state index >= 15 is 0 Å². The molecule has 2 amide bonds. The molecule has 2 aromatic rings. The van der Waals surface area contributed by atoms with Gasteiger partial charge in [0, 0.05) is 50.1 Å². The van der Waals surface area contributed by atoms with Gasteiger partial charge in [-0.25, -0.2) is 0 Å². The average Bonchev–Trinajstić information content (AvgIpc) is 3.07. The van der Waals surface area contributed by atoms with Crippen molar-refractivity contribution >= 4 is 34.6 Å². The summed E-state index contributed by atoms with van der Waals surface area (Å²) < 4.78 is 0. The van der Waals surface area contributed by atoms with E-state index in [1.165, 1.54) is 6.07 Å². The van der Waals surface area contributed by atoms with E-state index in [0.29, 0.717) is 24.3 Å². The molecule has 1 saturated heterocycles. The molecule has 1 heterocycles. The monoisotopic (exact) mass is 368 g/mol. The highest BCUT2D eigenvalue weighted by atomic mass is 16.6. The molecule has 0 radical (unpaired) electrons. The molecule has 1 fully saturated rings. The largest absolute Gasteiger partial charge is 0.372 e. The van der Waals surface area contributed by atoms with Crippen LogP contribution in [0.25, 0.3) is 0 Å². The molecule has 1 aliphatic rings. The van der Waals surface area contributed by atoms with Crippen LogP contribution in [0.3, 0.4) is 0 Å². The quantitative estimate of drug-likeness (QED) is 0.646. The first kappa shape index (κ1) is 18.4. The Kier molecular flexibility index (Phi) is 5.07. The van der Waals surface area contributed by atoms with E-state index in [2.05, 4.69) is 5.32 Å². The van der Waals surface area contributed by atoms with E-state index in [1.54, 1.807) is 54.2 Å². The molecule has 0 spiro atoms. The maximum Gasteiger partial charge on any atom is 0.293 e. The third kappa shape index (κ3) is 3.89. The third-order valence-electron chi connectivity index (χ3n) is 4.41. The first-order valence-electron chi connectivity index (χ1n) is 8.54. The average molecular weight is 368 g/mol. The highest BCUT2D eigenvalue weighted by molar-refractivity contribution is 6.05. The van der Waals surface area contributed by atoms with Gasteiger partial charge < -0.3 is 15.1 Å². The lowest BCUT2D eigenvalue weighted by atomic mass is 10.1. The number of carbonyl (C=O) groups excluding carboxylic acids is 2. The van der Waals surface area contributed by atoms with Crippen LogP contribution in [0.5, 0.6) is 0 Å². The Bertz CT molecular complexity index is 910. The van der Waals surface area contributed by atoms with Crippen LogP contribution in [0, 0.1) is 10.1 Å². The molecule has 0 saturated carbocycles. The summed E-state index contributed by atoms with van der Waals surface area (Å²) in [6.07, 6.45) is 1.34. The molecule has 0 unspecified atom stereocenters. The second-order valence-corrected chi connectivity index (χ2v) is 6.51. The van der Waals surface area contributed by atoms with Crippen molar-refractivity contribution in [1.82, 2.24) is 0 Å². The van der Waals surface area contributed by atoms with Gasteiger partial charge in [-0.15, -0.1) is 0 Å². The standard InChI is InChI=1S/C19H20N4O4/c1-21(2)16-9-8-13(11-17(16)23(26)27)19(25)20-14-5-3-6-15(12-14)22-10-4-7-18(22)24/h3,5-6,8-9,11-12H,4,7,10H2,1-2H3,(H,20,25). The predicted octanol–water partition coefficient (Wildman–Crippen LogP) is 3.04. The number of rotatable bonds is 5. The van der Waals surface area contributed by atoms with E-state index < -0.39 is 10.8 Å². The van der Waals surface area contributed by atoms with Crippen LogP contribution in [0.1, 0.15) is 23.2 Å². The highest BCUT2D eigenvalue weighted by Gasteiger charge is 2.22. The van der Waals surface area contributed by atoms with E-state index in [4.69, 9.17) is 0 Å². The first-order valence-corrected chi connectivity index (χ1v) is 8.54. The molecule has 3 rings (SSSR count). The first-order chi connectivity index (χ1) is 12.9. The van der Waals surface area contributed by atoms with Crippen molar-refractivity contribution < 1.29 is 14.5 Å².